The Balaban J connectivity index is 3.29. The third-order valence-electron chi connectivity index (χ3n) is 7.76. The highest BCUT2D eigenvalue weighted by molar-refractivity contribution is 5.74. The second-order valence-corrected chi connectivity index (χ2v) is 11.8. The van der Waals surface area contributed by atoms with Crippen molar-refractivity contribution in [2.24, 2.45) is 0 Å². The van der Waals surface area contributed by atoms with Crippen LogP contribution >= 0.6 is 0 Å². The maximum atomic E-state index is 11.9. The molecule has 0 radical (unpaired) electrons. The molecule has 0 fully saturated rings. The molecule has 2 N–H and O–H groups in total. The predicted molar refractivity (Wildman–Crippen MR) is 176 cm³/mol. The summed E-state index contributed by atoms with van der Waals surface area (Å²) in [4.78, 5) is 22.8. The Morgan fingerprint density at radius 3 is 1.36 bits per heavy atom. The second kappa shape index (κ2) is 35.2. The van der Waals surface area contributed by atoms with Crippen molar-refractivity contribution in [3.63, 3.8) is 0 Å². The fraction of sp³-hybridized carbons (Fsp3) is 0.838. The van der Waals surface area contributed by atoms with Gasteiger partial charge < -0.3 is 4.74 Å². The smallest absolute Gasteiger partial charge is 0.305 e. The summed E-state index contributed by atoms with van der Waals surface area (Å²) in [6.45, 7) is 2.83. The molecule has 0 spiro atoms. The number of carbonyl (C=O) groups excluding carboxylic acids is 2. The van der Waals surface area contributed by atoms with Crippen molar-refractivity contribution in [1.29, 1.82) is 0 Å². The molecule has 242 valence electrons. The fourth-order valence-electron chi connectivity index (χ4n) is 5.04. The molecule has 0 aliphatic heterocycles. The third-order valence-corrected chi connectivity index (χ3v) is 7.76. The molecule has 0 atom stereocenters. The monoisotopic (exact) mass is 587 g/mol. The molecule has 5 heteroatoms. The van der Waals surface area contributed by atoms with E-state index in [0.717, 1.165) is 64.2 Å². The van der Waals surface area contributed by atoms with Gasteiger partial charge in [-0.2, -0.15) is 0 Å². The number of amides is 1. The molecule has 0 saturated heterocycles. The minimum atomic E-state index is -0.296. The molecule has 0 bridgehead atoms. The summed E-state index contributed by atoms with van der Waals surface area (Å²) >= 11 is 0. The zero-order valence-corrected chi connectivity index (χ0v) is 27.4. The molecule has 0 unspecified atom stereocenters. The van der Waals surface area contributed by atoms with Crippen molar-refractivity contribution in [3.8, 4) is 23.7 Å². The number of ether oxygens (including phenoxy) is 1. The van der Waals surface area contributed by atoms with E-state index in [1.807, 2.05) is 0 Å². The Morgan fingerprint density at radius 1 is 0.524 bits per heavy atom. The van der Waals surface area contributed by atoms with Crippen LogP contribution in [0.4, 0.5) is 0 Å². The first kappa shape index (κ1) is 40.0. The molecule has 42 heavy (non-hydrogen) atoms. The molecule has 0 aromatic rings. The van der Waals surface area contributed by atoms with Crippen molar-refractivity contribution in [3.05, 3.63) is 0 Å². The lowest BCUT2D eigenvalue weighted by atomic mass is 10.1. The summed E-state index contributed by atoms with van der Waals surface area (Å²) in [6, 6.07) is 0. The minimum Gasteiger partial charge on any atom is -0.466 e. The molecule has 0 saturated carbocycles. The van der Waals surface area contributed by atoms with Gasteiger partial charge in [-0.1, -0.05) is 147 Å². The highest BCUT2D eigenvalue weighted by Crippen LogP contribution is 2.13. The highest BCUT2D eigenvalue weighted by Gasteiger charge is 2.03. The summed E-state index contributed by atoms with van der Waals surface area (Å²) < 4.78 is 5.38. The van der Waals surface area contributed by atoms with Gasteiger partial charge in [0.1, 0.15) is 0 Å². The molecule has 5 nitrogen and oxygen atoms in total. The maximum Gasteiger partial charge on any atom is 0.305 e. The maximum absolute atomic E-state index is 11.9. The zero-order chi connectivity index (χ0) is 30.6. The Morgan fingerprint density at radius 2 is 0.905 bits per heavy atom. The topological polar surface area (TPSA) is 75.6 Å². The third kappa shape index (κ3) is 34.2. The van der Waals surface area contributed by atoms with Gasteiger partial charge >= 0.3 is 5.97 Å². The molecular formula is C37H65NO4. The average molecular weight is 588 g/mol. The van der Waals surface area contributed by atoms with E-state index in [2.05, 4.69) is 30.6 Å². The normalized spacial score (nSPS) is 10.4. The van der Waals surface area contributed by atoms with E-state index in [1.165, 1.54) is 109 Å². The highest BCUT2D eigenvalue weighted by atomic mass is 16.5. The van der Waals surface area contributed by atoms with Crippen LogP contribution in [-0.4, -0.2) is 23.7 Å². The fourth-order valence-corrected chi connectivity index (χ4v) is 5.04. The first-order chi connectivity index (χ1) is 20.7. The van der Waals surface area contributed by atoms with Gasteiger partial charge in [-0.05, 0) is 43.9 Å². The number of carbonyl (C=O) groups is 2. The number of hydroxylamine groups is 1. The number of nitrogens with one attached hydrogen (secondary N) is 1. The summed E-state index contributed by atoms with van der Waals surface area (Å²) in [5.74, 6) is 12.1. The van der Waals surface area contributed by atoms with Gasteiger partial charge in [0.15, 0.2) is 0 Å². The van der Waals surface area contributed by atoms with E-state index in [0.29, 0.717) is 19.4 Å². The quantitative estimate of drug-likeness (QED) is 0.0288. The molecule has 1 amide bonds. The van der Waals surface area contributed by atoms with Crippen molar-refractivity contribution < 1.29 is 19.5 Å². The number of rotatable bonds is 30. The zero-order valence-electron chi connectivity index (χ0n) is 27.4. The lowest BCUT2D eigenvalue weighted by molar-refractivity contribution is -0.143. The minimum absolute atomic E-state index is 0.0419. The van der Waals surface area contributed by atoms with Crippen molar-refractivity contribution >= 4 is 11.9 Å². The summed E-state index contributed by atoms with van der Waals surface area (Å²) in [5, 5.41) is 8.44. The van der Waals surface area contributed by atoms with Crippen LogP contribution in [0.5, 0.6) is 0 Å². The van der Waals surface area contributed by atoms with E-state index in [4.69, 9.17) is 9.94 Å². The Kier molecular flexibility index (Phi) is 33.6. The van der Waals surface area contributed by atoms with Crippen LogP contribution in [0.25, 0.3) is 0 Å². The largest absolute Gasteiger partial charge is 0.466 e. The number of esters is 1. The van der Waals surface area contributed by atoms with Gasteiger partial charge in [-0.15, -0.1) is 0 Å². The molecule has 0 aliphatic carbocycles. The van der Waals surface area contributed by atoms with Gasteiger partial charge in [0.2, 0.25) is 5.91 Å². The summed E-state index contributed by atoms with van der Waals surface area (Å²) in [5.41, 5.74) is 1.67. The standard InChI is InChI=1S/C37H65NO4/c1-2-3-4-5-6-7-8-9-10-11-12-13-14-15-16-17-18-19-22-25-28-31-34-37(40)42-35-32-29-26-23-20-21-24-27-30-33-36(39)38-41/h41H,2-11,16-35H2,1H3,(H,38,39). The van der Waals surface area contributed by atoms with Crippen LogP contribution in [0.2, 0.25) is 0 Å². The van der Waals surface area contributed by atoms with E-state index in [-0.39, 0.29) is 11.9 Å². The summed E-state index contributed by atoms with van der Waals surface area (Å²) in [7, 11) is 0. The van der Waals surface area contributed by atoms with Crippen LogP contribution < -0.4 is 5.48 Å². The average Bonchev–Trinajstić information content (AvgIpc) is 3.00. The number of unbranched alkanes of at least 4 members (excludes halogenated alkanes) is 24. The van der Waals surface area contributed by atoms with Crippen LogP contribution in [0.1, 0.15) is 193 Å². The van der Waals surface area contributed by atoms with Crippen LogP contribution in [0.15, 0.2) is 0 Å². The molecule has 0 heterocycles. The van der Waals surface area contributed by atoms with Gasteiger partial charge in [0, 0.05) is 25.7 Å². The SMILES string of the molecule is CCCCCCCCCCCC#CC#CCCCCCCCCCC(=O)OCCCCCCCCCCCC(=O)NO. The number of hydrogen-bond donors (Lipinski definition) is 2. The summed E-state index contributed by atoms with van der Waals surface area (Å²) in [6.07, 6.45) is 33.1. The van der Waals surface area contributed by atoms with Gasteiger partial charge in [-0.25, -0.2) is 5.48 Å². The lowest BCUT2D eigenvalue weighted by Crippen LogP contribution is -2.17. The molecule has 0 aromatic heterocycles. The van der Waals surface area contributed by atoms with Gasteiger partial charge in [0.25, 0.3) is 0 Å². The predicted octanol–water partition coefficient (Wildman–Crippen LogP) is 10.4. The lowest BCUT2D eigenvalue weighted by Gasteiger charge is -2.05. The molecule has 0 aromatic carbocycles. The van der Waals surface area contributed by atoms with Crippen molar-refractivity contribution in [2.45, 2.75) is 193 Å². The van der Waals surface area contributed by atoms with Gasteiger partial charge in [0.05, 0.1) is 6.61 Å². The second-order valence-electron chi connectivity index (χ2n) is 11.8. The molecule has 0 rings (SSSR count). The first-order valence-corrected chi connectivity index (χ1v) is 17.7. The van der Waals surface area contributed by atoms with Gasteiger partial charge in [-0.3, -0.25) is 14.8 Å². The first-order valence-electron chi connectivity index (χ1n) is 17.7. The van der Waals surface area contributed by atoms with Crippen LogP contribution in [-0.2, 0) is 14.3 Å². The van der Waals surface area contributed by atoms with E-state index in [9.17, 15) is 9.59 Å². The van der Waals surface area contributed by atoms with Crippen LogP contribution in [0, 0.1) is 23.7 Å². The van der Waals surface area contributed by atoms with Crippen LogP contribution in [0.3, 0.4) is 0 Å². The van der Waals surface area contributed by atoms with Crippen molar-refractivity contribution in [2.75, 3.05) is 6.61 Å². The molecule has 0 aliphatic rings. The molecular weight excluding hydrogens is 522 g/mol. The Labute approximate surface area is 260 Å². The van der Waals surface area contributed by atoms with E-state index >= 15 is 0 Å². The Bertz CT molecular complexity index is 728. The van der Waals surface area contributed by atoms with Crippen molar-refractivity contribution in [1.82, 2.24) is 5.48 Å². The van der Waals surface area contributed by atoms with E-state index in [1.54, 1.807) is 5.48 Å². The van der Waals surface area contributed by atoms with E-state index < -0.39 is 0 Å². The number of hydrogen-bond acceptors (Lipinski definition) is 4. The Hall–Kier alpha value is -1.98.